The molecule has 0 spiro atoms. The smallest absolute Gasteiger partial charge is 0.329 e. The van der Waals surface area contributed by atoms with Gasteiger partial charge in [-0.25, -0.2) is 9.59 Å². The van der Waals surface area contributed by atoms with Crippen LogP contribution in [-0.2, 0) is 4.79 Å². The molecule has 6 nitrogen and oxygen atoms in total. The van der Waals surface area contributed by atoms with Gasteiger partial charge in [0.15, 0.2) is 0 Å². The molecule has 1 heterocycles. The van der Waals surface area contributed by atoms with Crippen LogP contribution in [0.3, 0.4) is 0 Å². The van der Waals surface area contributed by atoms with E-state index in [4.69, 9.17) is 0 Å². The lowest BCUT2D eigenvalue weighted by molar-refractivity contribution is -0.144. The van der Waals surface area contributed by atoms with Crippen LogP contribution in [0.25, 0.3) is 0 Å². The predicted octanol–water partition coefficient (Wildman–Crippen LogP) is 0.633. The van der Waals surface area contributed by atoms with Crippen LogP contribution in [-0.4, -0.2) is 53.7 Å². The van der Waals surface area contributed by atoms with E-state index >= 15 is 0 Å². The van der Waals surface area contributed by atoms with E-state index in [1.807, 2.05) is 0 Å². The van der Waals surface area contributed by atoms with Crippen LogP contribution in [0.2, 0.25) is 0 Å². The number of nitrogens with zero attached hydrogens (tertiary/aromatic N) is 1. The third-order valence-corrected chi connectivity index (χ3v) is 4.27. The lowest BCUT2D eigenvalue weighted by Gasteiger charge is -2.31. The fraction of sp³-hybridized carbons (Fsp3) is 0.846. The summed E-state index contributed by atoms with van der Waals surface area (Å²) in [5, 5.41) is 14.8. The first-order valence-corrected chi connectivity index (χ1v) is 6.92. The summed E-state index contributed by atoms with van der Waals surface area (Å²) in [5.74, 6) is -0.887. The molecule has 6 heteroatoms. The van der Waals surface area contributed by atoms with Crippen molar-refractivity contribution < 1.29 is 14.7 Å². The maximum absolute atomic E-state index is 11.9. The molecule has 0 bridgehead atoms. The van der Waals surface area contributed by atoms with Gasteiger partial charge in [-0.2, -0.15) is 0 Å². The Morgan fingerprint density at radius 2 is 1.79 bits per heavy atom. The van der Waals surface area contributed by atoms with Gasteiger partial charge in [0.05, 0.1) is 0 Å². The monoisotopic (exact) mass is 269 g/mol. The summed E-state index contributed by atoms with van der Waals surface area (Å²) in [5.41, 5.74) is -1.13. The Morgan fingerprint density at radius 3 is 2.26 bits per heavy atom. The van der Waals surface area contributed by atoms with Gasteiger partial charge >= 0.3 is 12.0 Å². The first-order chi connectivity index (χ1) is 8.91. The van der Waals surface area contributed by atoms with Gasteiger partial charge in [0.1, 0.15) is 5.54 Å². The molecule has 19 heavy (non-hydrogen) atoms. The van der Waals surface area contributed by atoms with Crippen molar-refractivity contribution in [2.75, 3.05) is 20.1 Å². The Morgan fingerprint density at radius 1 is 1.21 bits per heavy atom. The third kappa shape index (κ3) is 3.37. The van der Waals surface area contributed by atoms with Crippen molar-refractivity contribution in [3.05, 3.63) is 0 Å². The Bertz CT molecular complexity index is 362. The van der Waals surface area contributed by atoms with Crippen molar-refractivity contribution in [2.45, 2.75) is 44.2 Å². The van der Waals surface area contributed by atoms with Crippen LogP contribution in [0.4, 0.5) is 4.79 Å². The van der Waals surface area contributed by atoms with Gasteiger partial charge in [-0.05, 0) is 58.7 Å². The highest BCUT2D eigenvalue weighted by atomic mass is 16.4. The second kappa shape index (κ2) is 5.36. The number of piperidine rings is 1. The molecule has 0 aromatic heterocycles. The highest BCUT2D eigenvalue weighted by molar-refractivity contribution is 5.86. The number of carboxylic acid groups (broad SMARTS) is 1. The minimum atomic E-state index is -1.13. The molecule has 1 unspecified atom stereocenters. The number of nitrogens with one attached hydrogen (secondary N) is 2. The highest BCUT2D eigenvalue weighted by Crippen LogP contribution is 2.39. The van der Waals surface area contributed by atoms with E-state index in [-0.39, 0.29) is 18.0 Å². The van der Waals surface area contributed by atoms with E-state index in [2.05, 4.69) is 22.6 Å². The van der Waals surface area contributed by atoms with E-state index in [0.717, 1.165) is 38.8 Å². The Labute approximate surface area is 113 Å². The van der Waals surface area contributed by atoms with Gasteiger partial charge in [-0.15, -0.1) is 0 Å². The summed E-state index contributed by atoms with van der Waals surface area (Å²) < 4.78 is 0. The van der Waals surface area contributed by atoms with Crippen LogP contribution < -0.4 is 10.6 Å². The number of carbonyl (C=O) groups excluding carboxylic acids is 1. The van der Waals surface area contributed by atoms with Crippen molar-refractivity contribution in [3.8, 4) is 0 Å². The molecule has 1 aliphatic carbocycles. The van der Waals surface area contributed by atoms with Crippen molar-refractivity contribution in [1.82, 2.24) is 15.5 Å². The number of aliphatic carboxylic acids is 1. The summed E-state index contributed by atoms with van der Waals surface area (Å²) in [7, 11) is 2.06. The molecule has 2 amide bonds. The molecule has 2 rings (SSSR count). The molecule has 3 N–H and O–H groups in total. The molecule has 1 saturated carbocycles. The van der Waals surface area contributed by atoms with Gasteiger partial charge < -0.3 is 20.6 Å². The van der Waals surface area contributed by atoms with E-state index in [1.54, 1.807) is 6.92 Å². The maximum Gasteiger partial charge on any atom is 0.329 e. The molecule has 0 radical (unpaired) electrons. The van der Waals surface area contributed by atoms with Crippen molar-refractivity contribution >= 4 is 12.0 Å². The molecular formula is C13H23N3O3. The Hall–Kier alpha value is -1.30. The van der Waals surface area contributed by atoms with Crippen LogP contribution in [0.5, 0.6) is 0 Å². The Balaban J connectivity index is 1.84. The number of likely N-dealkylation sites (tertiary alicyclic amines) is 1. The largest absolute Gasteiger partial charge is 0.480 e. The quantitative estimate of drug-likeness (QED) is 0.699. The number of carbonyl (C=O) groups is 2. The molecule has 1 atom stereocenters. The lowest BCUT2D eigenvalue weighted by Crippen LogP contribution is -2.58. The minimum Gasteiger partial charge on any atom is -0.480 e. The molecular weight excluding hydrogens is 246 g/mol. The molecule has 108 valence electrons. The molecule has 1 saturated heterocycles. The van der Waals surface area contributed by atoms with Crippen molar-refractivity contribution in [3.63, 3.8) is 0 Å². The number of amides is 2. The van der Waals surface area contributed by atoms with Crippen molar-refractivity contribution in [2.24, 2.45) is 5.92 Å². The van der Waals surface area contributed by atoms with Gasteiger partial charge in [0, 0.05) is 6.04 Å². The number of rotatable bonds is 4. The average Bonchev–Trinajstić information content (AvgIpc) is 3.16. The van der Waals surface area contributed by atoms with Crippen LogP contribution in [0, 0.1) is 5.92 Å². The zero-order valence-corrected chi connectivity index (χ0v) is 11.6. The highest BCUT2D eigenvalue weighted by Gasteiger charge is 2.48. The van der Waals surface area contributed by atoms with Crippen LogP contribution in [0.15, 0.2) is 0 Å². The molecule has 0 aromatic carbocycles. The van der Waals surface area contributed by atoms with E-state index in [9.17, 15) is 14.7 Å². The summed E-state index contributed by atoms with van der Waals surface area (Å²) in [4.78, 5) is 25.5. The van der Waals surface area contributed by atoms with Gasteiger partial charge in [-0.1, -0.05) is 0 Å². The summed E-state index contributed by atoms with van der Waals surface area (Å²) in [6.07, 6.45) is 3.57. The third-order valence-electron chi connectivity index (χ3n) is 4.27. The van der Waals surface area contributed by atoms with Gasteiger partial charge in [0.2, 0.25) is 0 Å². The molecule has 2 fully saturated rings. The Kier molecular flexibility index (Phi) is 3.99. The molecule has 0 aromatic rings. The van der Waals surface area contributed by atoms with Crippen molar-refractivity contribution in [1.29, 1.82) is 0 Å². The summed E-state index contributed by atoms with van der Waals surface area (Å²) >= 11 is 0. The maximum atomic E-state index is 11.9. The number of urea groups is 1. The molecule has 2 aliphatic rings. The zero-order chi connectivity index (χ0) is 14.0. The van der Waals surface area contributed by atoms with Crippen LogP contribution >= 0.6 is 0 Å². The first-order valence-electron chi connectivity index (χ1n) is 6.92. The standard InChI is InChI=1S/C13H23N3O3/c1-13(11(17)18,9-3-4-9)15-12(19)14-10-5-7-16(2)8-6-10/h9-10H,3-8H2,1-2H3,(H,17,18)(H2,14,15,19). The van der Waals surface area contributed by atoms with E-state index < -0.39 is 11.5 Å². The zero-order valence-electron chi connectivity index (χ0n) is 11.6. The van der Waals surface area contributed by atoms with Gasteiger partial charge in [0.25, 0.3) is 0 Å². The van der Waals surface area contributed by atoms with Gasteiger partial charge in [-0.3, -0.25) is 0 Å². The minimum absolute atomic E-state index is 0.0632. The first kappa shape index (κ1) is 14.1. The number of carboxylic acids is 1. The molecule has 1 aliphatic heterocycles. The topological polar surface area (TPSA) is 81.7 Å². The second-order valence-electron chi connectivity index (χ2n) is 5.96. The fourth-order valence-corrected chi connectivity index (χ4v) is 2.60. The normalized spacial score (nSPS) is 24.5. The van der Waals surface area contributed by atoms with E-state index in [0.29, 0.717) is 0 Å². The SMILES string of the molecule is CN1CCC(NC(=O)NC(C)(C(=O)O)C2CC2)CC1. The fourth-order valence-electron chi connectivity index (χ4n) is 2.60. The number of hydrogen-bond acceptors (Lipinski definition) is 3. The summed E-state index contributed by atoms with van der Waals surface area (Å²) in [6, 6.07) is -0.209. The lowest BCUT2D eigenvalue weighted by atomic mass is 9.96. The number of hydrogen-bond donors (Lipinski definition) is 3. The predicted molar refractivity (Wildman–Crippen MR) is 71.0 cm³/mol. The van der Waals surface area contributed by atoms with Crippen LogP contribution in [0.1, 0.15) is 32.6 Å². The second-order valence-corrected chi connectivity index (χ2v) is 5.96. The average molecular weight is 269 g/mol. The summed E-state index contributed by atoms with van der Waals surface area (Å²) in [6.45, 7) is 3.52. The van der Waals surface area contributed by atoms with E-state index in [1.165, 1.54) is 0 Å².